The molecule has 3 aromatic carbocycles. The van der Waals surface area contributed by atoms with E-state index in [0.29, 0.717) is 18.6 Å². The fraction of sp³-hybridized carbons (Fsp3) is 0.269. The van der Waals surface area contributed by atoms with E-state index in [0.717, 1.165) is 41.8 Å². The van der Waals surface area contributed by atoms with Crippen molar-refractivity contribution in [3.63, 3.8) is 0 Å². The van der Waals surface area contributed by atoms with E-state index in [4.69, 9.17) is 10.5 Å². The van der Waals surface area contributed by atoms with Crippen molar-refractivity contribution in [2.45, 2.75) is 45.3 Å². The second kappa shape index (κ2) is 9.04. The Hall–Kier alpha value is -3.27. The fourth-order valence-electron chi connectivity index (χ4n) is 4.26. The van der Waals surface area contributed by atoms with Gasteiger partial charge >= 0.3 is 0 Å². The minimum absolute atomic E-state index is 0.285. The summed E-state index contributed by atoms with van der Waals surface area (Å²) in [6.45, 7) is 2.52. The number of primary amides is 1. The molecule has 0 aromatic heterocycles. The molecule has 0 radical (unpaired) electrons. The van der Waals surface area contributed by atoms with Gasteiger partial charge in [-0.3, -0.25) is 4.79 Å². The van der Waals surface area contributed by atoms with E-state index in [-0.39, 0.29) is 6.04 Å². The monoisotopic (exact) mass is 400 g/mol. The number of carbonyl (C=O) groups is 1. The third kappa shape index (κ3) is 4.33. The van der Waals surface area contributed by atoms with Gasteiger partial charge in [0.05, 0.1) is 5.69 Å². The van der Waals surface area contributed by atoms with Crippen molar-refractivity contribution in [2.24, 2.45) is 5.73 Å². The van der Waals surface area contributed by atoms with Crippen LogP contribution in [0.4, 0.5) is 5.69 Å². The molecule has 30 heavy (non-hydrogen) atoms. The van der Waals surface area contributed by atoms with Crippen molar-refractivity contribution >= 4 is 11.6 Å². The topological polar surface area (TPSA) is 64.4 Å². The van der Waals surface area contributed by atoms with Gasteiger partial charge in [0, 0.05) is 11.6 Å². The van der Waals surface area contributed by atoms with Gasteiger partial charge in [-0.25, -0.2) is 0 Å². The van der Waals surface area contributed by atoms with Crippen LogP contribution >= 0.6 is 0 Å². The Bertz CT molecular complexity index is 1030. The summed E-state index contributed by atoms with van der Waals surface area (Å²) in [5, 5.41) is 3.71. The van der Waals surface area contributed by atoms with Crippen molar-refractivity contribution in [1.82, 2.24) is 0 Å². The molecule has 1 amide bonds. The third-order valence-corrected chi connectivity index (χ3v) is 5.83. The average molecular weight is 401 g/mol. The molecule has 4 heteroatoms. The van der Waals surface area contributed by atoms with Crippen LogP contribution in [-0.2, 0) is 25.9 Å². The molecule has 3 N–H and O–H groups in total. The number of ether oxygens (including phenoxy) is 1. The molecule has 0 saturated carbocycles. The number of fused-ring (bicyclic) bond motifs is 1. The Morgan fingerprint density at radius 2 is 1.77 bits per heavy atom. The summed E-state index contributed by atoms with van der Waals surface area (Å²) >= 11 is 0. The number of amides is 1. The number of nitrogens with two attached hydrogens (primary N) is 1. The minimum atomic E-state index is -0.404. The average Bonchev–Trinajstić information content (AvgIpc) is 2.78. The van der Waals surface area contributed by atoms with Gasteiger partial charge in [-0.2, -0.15) is 0 Å². The van der Waals surface area contributed by atoms with Crippen LogP contribution in [0.1, 0.15) is 46.0 Å². The summed E-state index contributed by atoms with van der Waals surface area (Å²) < 4.78 is 6.20. The van der Waals surface area contributed by atoms with E-state index in [9.17, 15) is 4.79 Å². The van der Waals surface area contributed by atoms with Gasteiger partial charge in [0.1, 0.15) is 12.4 Å². The van der Waals surface area contributed by atoms with Crippen molar-refractivity contribution in [3.05, 3.63) is 94.5 Å². The first-order chi connectivity index (χ1) is 14.7. The Balaban J connectivity index is 1.63. The zero-order valence-corrected chi connectivity index (χ0v) is 17.4. The molecule has 0 heterocycles. The molecule has 154 valence electrons. The number of benzene rings is 3. The fourth-order valence-corrected chi connectivity index (χ4v) is 4.26. The van der Waals surface area contributed by atoms with Gasteiger partial charge in [-0.05, 0) is 60.1 Å². The predicted octanol–water partition coefficient (Wildman–Crippen LogP) is 4.90. The minimum Gasteiger partial charge on any atom is -0.487 e. The SMILES string of the molecule is CCc1c(C(N)=O)ccc(OCc2ccccc2)c1NC1CCc2ccccc2C1. The number of anilines is 1. The van der Waals surface area contributed by atoms with Crippen molar-refractivity contribution in [1.29, 1.82) is 0 Å². The molecule has 1 atom stereocenters. The molecule has 4 rings (SSSR count). The Kier molecular flexibility index (Phi) is 6.03. The zero-order valence-electron chi connectivity index (χ0n) is 17.4. The smallest absolute Gasteiger partial charge is 0.249 e. The summed E-state index contributed by atoms with van der Waals surface area (Å²) in [4.78, 5) is 12.0. The summed E-state index contributed by atoms with van der Waals surface area (Å²) in [7, 11) is 0. The lowest BCUT2D eigenvalue weighted by Gasteiger charge is -2.29. The lowest BCUT2D eigenvalue weighted by Crippen LogP contribution is -2.28. The van der Waals surface area contributed by atoms with Crippen LogP contribution in [0.3, 0.4) is 0 Å². The quantitative estimate of drug-likeness (QED) is 0.593. The van der Waals surface area contributed by atoms with Crippen molar-refractivity contribution in [2.75, 3.05) is 5.32 Å². The molecule has 3 aromatic rings. The molecular formula is C26H28N2O2. The molecule has 4 nitrogen and oxygen atoms in total. The standard InChI is InChI=1S/C26H28N2O2/c1-2-22-23(26(27)29)14-15-24(30-17-18-8-4-3-5-9-18)25(22)28-21-13-12-19-10-6-7-11-20(19)16-21/h3-11,14-15,21,28H,2,12-13,16-17H2,1H3,(H2,27,29). The number of hydrogen-bond donors (Lipinski definition) is 2. The van der Waals surface area contributed by atoms with Gasteiger partial charge in [-0.15, -0.1) is 0 Å². The van der Waals surface area contributed by atoms with Crippen LogP contribution in [0.15, 0.2) is 66.7 Å². The van der Waals surface area contributed by atoms with Gasteiger partial charge in [0.2, 0.25) is 5.91 Å². The molecule has 1 aliphatic rings. The molecule has 0 saturated heterocycles. The first-order valence-corrected chi connectivity index (χ1v) is 10.6. The molecule has 0 aliphatic heterocycles. The van der Waals surface area contributed by atoms with Crippen LogP contribution in [-0.4, -0.2) is 11.9 Å². The van der Waals surface area contributed by atoms with E-state index >= 15 is 0 Å². The molecular weight excluding hydrogens is 372 g/mol. The zero-order chi connectivity index (χ0) is 20.9. The Labute approximate surface area is 178 Å². The first-order valence-electron chi connectivity index (χ1n) is 10.6. The molecule has 1 aliphatic carbocycles. The largest absolute Gasteiger partial charge is 0.487 e. The normalized spacial score (nSPS) is 15.3. The first kappa shape index (κ1) is 20.0. The van der Waals surface area contributed by atoms with E-state index in [1.54, 1.807) is 6.07 Å². The number of carbonyl (C=O) groups excluding carboxylic acids is 1. The van der Waals surface area contributed by atoms with E-state index in [1.165, 1.54) is 11.1 Å². The van der Waals surface area contributed by atoms with Crippen LogP contribution in [0, 0.1) is 0 Å². The summed E-state index contributed by atoms with van der Waals surface area (Å²) in [6.07, 6.45) is 3.74. The van der Waals surface area contributed by atoms with Crippen LogP contribution in [0.25, 0.3) is 0 Å². The lowest BCUT2D eigenvalue weighted by molar-refractivity contribution is 0.0999. The summed E-state index contributed by atoms with van der Waals surface area (Å²) in [6, 6.07) is 22.6. The maximum atomic E-state index is 12.0. The van der Waals surface area contributed by atoms with Gasteiger partial charge in [0.25, 0.3) is 0 Å². The van der Waals surface area contributed by atoms with Crippen molar-refractivity contribution < 1.29 is 9.53 Å². The molecule has 1 unspecified atom stereocenters. The highest BCUT2D eigenvalue weighted by Crippen LogP contribution is 2.35. The van der Waals surface area contributed by atoms with Gasteiger partial charge in [-0.1, -0.05) is 61.5 Å². The van der Waals surface area contributed by atoms with Crippen molar-refractivity contribution in [3.8, 4) is 5.75 Å². The maximum Gasteiger partial charge on any atom is 0.249 e. The molecule has 0 bridgehead atoms. The van der Waals surface area contributed by atoms with Crippen LogP contribution < -0.4 is 15.8 Å². The van der Waals surface area contributed by atoms with E-state index < -0.39 is 5.91 Å². The highest BCUT2D eigenvalue weighted by Gasteiger charge is 2.22. The van der Waals surface area contributed by atoms with Crippen LogP contribution in [0.2, 0.25) is 0 Å². The third-order valence-electron chi connectivity index (χ3n) is 5.83. The van der Waals surface area contributed by atoms with Gasteiger partial charge < -0.3 is 15.8 Å². The second-order valence-corrected chi connectivity index (χ2v) is 7.81. The number of hydrogen-bond acceptors (Lipinski definition) is 3. The van der Waals surface area contributed by atoms with Gasteiger partial charge in [0.15, 0.2) is 0 Å². The number of nitrogens with one attached hydrogen (secondary N) is 1. The number of aryl methyl sites for hydroxylation is 1. The van der Waals surface area contributed by atoms with E-state index in [1.807, 2.05) is 43.3 Å². The molecule has 0 fully saturated rings. The highest BCUT2D eigenvalue weighted by atomic mass is 16.5. The van der Waals surface area contributed by atoms with Crippen LogP contribution in [0.5, 0.6) is 5.75 Å². The number of rotatable bonds is 7. The Morgan fingerprint density at radius 1 is 1.03 bits per heavy atom. The lowest BCUT2D eigenvalue weighted by atomic mass is 9.88. The summed E-state index contributed by atoms with van der Waals surface area (Å²) in [5.41, 5.74) is 12.0. The predicted molar refractivity (Wildman–Crippen MR) is 121 cm³/mol. The Morgan fingerprint density at radius 3 is 2.50 bits per heavy atom. The highest BCUT2D eigenvalue weighted by molar-refractivity contribution is 5.96. The maximum absolute atomic E-state index is 12.0. The molecule has 0 spiro atoms. The summed E-state index contributed by atoms with van der Waals surface area (Å²) in [5.74, 6) is 0.359. The second-order valence-electron chi connectivity index (χ2n) is 7.81. The van der Waals surface area contributed by atoms with E-state index in [2.05, 4.69) is 29.6 Å².